The third-order valence-corrected chi connectivity index (χ3v) is 7.03. The zero-order chi connectivity index (χ0) is 33.8. The van der Waals surface area contributed by atoms with Gasteiger partial charge in [-0.05, 0) is 72.6 Å². The molecule has 1 aromatic carbocycles. The molecule has 0 aliphatic rings. The van der Waals surface area contributed by atoms with Gasteiger partial charge in [-0.25, -0.2) is 14.6 Å². The lowest BCUT2D eigenvalue weighted by Gasteiger charge is -2.24. The number of fused-ring (bicyclic) bond motifs is 1. The molecular formula is C31H36ClN6O7S-. The summed E-state index contributed by atoms with van der Waals surface area (Å²) in [6.45, 7) is 12.1. The summed E-state index contributed by atoms with van der Waals surface area (Å²) in [4.78, 5) is 34.2. The fraction of sp³-hybridized carbons (Fsp3) is 0.387. The van der Waals surface area contributed by atoms with E-state index >= 15 is 0 Å². The fourth-order valence-corrected chi connectivity index (χ4v) is 5.09. The second kappa shape index (κ2) is 14.0. The largest absolute Gasteiger partial charge is 0.754 e. The van der Waals surface area contributed by atoms with Crippen LogP contribution in [0.2, 0.25) is 5.15 Å². The monoisotopic (exact) mass is 671 g/mol. The molecule has 0 aliphatic carbocycles. The summed E-state index contributed by atoms with van der Waals surface area (Å²) in [5, 5.41) is 10.0. The highest BCUT2D eigenvalue weighted by molar-refractivity contribution is 7.77. The number of pyridine rings is 2. The summed E-state index contributed by atoms with van der Waals surface area (Å²) in [6, 6.07) is 12.2. The van der Waals surface area contributed by atoms with Gasteiger partial charge in [0.25, 0.3) is 0 Å². The number of hydrogen-bond acceptors (Lipinski definition) is 10. The number of rotatable bonds is 9. The van der Waals surface area contributed by atoms with Crippen LogP contribution >= 0.6 is 11.6 Å². The molecule has 0 fully saturated rings. The van der Waals surface area contributed by atoms with Crippen LogP contribution in [0.25, 0.3) is 22.2 Å². The molecule has 0 saturated carbocycles. The Hall–Kier alpha value is -4.27. The van der Waals surface area contributed by atoms with Gasteiger partial charge in [-0.3, -0.25) is 14.5 Å². The van der Waals surface area contributed by atoms with E-state index in [2.05, 4.69) is 25.7 Å². The second-order valence-electron chi connectivity index (χ2n) is 12.4. The standard InChI is InChI=1S/C31H37ClN6O7S/c1-18-21-14-23(33-16-24(21)38(37-18)46(41)42)22-15-25(27(35-26(22)32)36-29(40)45-31(5,6)7)43-17-20(13-19-11-9-8-10-12-19)34-28(39)44-30(2,3)4/h8-12,14-16,20H,13,17H2,1-7H3,(H,34,39)(H,41,42)(H,35,36,40)/p-1/t20-/m0/s1. The number of amides is 2. The van der Waals surface area contributed by atoms with Crippen LogP contribution in [0.3, 0.4) is 0 Å². The Balaban J connectivity index is 1.71. The van der Waals surface area contributed by atoms with Crippen LogP contribution in [-0.4, -0.2) is 64.0 Å². The molecule has 3 heterocycles. The molecule has 0 radical (unpaired) electrons. The number of ether oxygens (including phenoxy) is 3. The van der Waals surface area contributed by atoms with E-state index in [1.54, 1.807) is 60.6 Å². The Kier molecular flexibility index (Phi) is 10.5. The van der Waals surface area contributed by atoms with E-state index in [1.807, 2.05) is 30.3 Å². The van der Waals surface area contributed by atoms with Crippen molar-refractivity contribution in [3.63, 3.8) is 0 Å². The van der Waals surface area contributed by atoms with E-state index in [-0.39, 0.29) is 28.8 Å². The highest BCUT2D eigenvalue weighted by Crippen LogP contribution is 2.35. The number of halogens is 1. The first kappa shape index (κ1) is 34.6. The van der Waals surface area contributed by atoms with Gasteiger partial charge in [0.2, 0.25) is 0 Å². The lowest BCUT2D eigenvalue weighted by molar-refractivity contribution is 0.0487. The third kappa shape index (κ3) is 9.37. The predicted octanol–water partition coefficient (Wildman–Crippen LogP) is 5.96. The average molecular weight is 672 g/mol. The maximum Gasteiger partial charge on any atom is 0.413 e. The van der Waals surface area contributed by atoms with Crippen molar-refractivity contribution in [3.8, 4) is 17.0 Å². The van der Waals surface area contributed by atoms with Gasteiger partial charge in [-0.1, -0.05) is 41.9 Å². The SMILES string of the molecule is Cc1nn(S(=O)[O-])c2cnc(-c3cc(OC[C@H](Cc4ccccc4)NC(=O)OC(C)(C)C)c(NC(=O)OC(C)(C)C)nc3Cl)cc12. The number of aromatic nitrogens is 4. The minimum atomic E-state index is -2.62. The van der Waals surface area contributed by atoms with Crippen LogP contribution in [0.5, 0.6) is 5.75 Å². The van der Waals surface area contributed by atoms with Gasteiger partial charge in [0.15, 0.2) is 11.6 Å². The van der Waals surface area contributed by atoms with Crippen molar-refractivity contribution in [1.29, 1.82) is 0 Å². The molecule has 13 nitrogen and oxygen atoms in total. The number of carbonyl (C=O) groups is 2. The number of carbonyl (C=O) groups excluding carboxylic acids is 2. The zero-order valence-electron chi connectivity index (χ0n) is 26.5. The molecule has 2 N–H and O–H groups in total. The lowest BCUT2D eigenvalue weighted by Crippen LogP contribution is -2.43. The van der Waals surface area contributed by atoms with E-state index in [9.17, 15) is 18.4 Å². The minimum Gasteiger partial charge on any atom is -0.754 e. The second-order valence-corrected chi connectivity index (χ2v) is 13.5. The van der Waals surface area contributed by atoms with Gasteiger partial charge in [-0.15, -0.1) is 0 Å². The van der Waals surface area contributed by atoms with Gasteiger partial charge >= 0.3 is 12.2 Å². The molecule has 0 saturated heterocycles. The molecule has 2 atom stereocenters. The van der Waals surface area contributed by atoms with Gasteiger partial charge in [0, 0.05) is 10.9 Å². The van der Waals surface area contributed by atoms with Crippen LogP contribution in [-0.2, 0) is 27.2 Å². The maximum absolute atomic E-state index is 12.7. The smallest absolute Gasteiger partial charge is 0.413 e. The molecule has 0 aliphatic heterocycles. The van der Waals surface area contributed by atoms with Crippen LogP contribution < -0.4 is 15.4 Å². The first-order valence-corrected chi connectivity index (χ1v) is 15.7. The fourth-order valence-electron chi connectivity index (χ4n) is 4.36. The van der Waals surface area contributed by atoms with Crippen molar-refractivity contribution < 1.29 is 32.6 Å². The number of aryl methyl sites for hydroxylation is 1. The number of hydrogen-bond donors (Lipinski definition) is 2. The molecule has 46 heavy (non-hydrogen) atoms. The normalized spacial score (nSPS) is 13.2. The average Bonchev–Trinajstić information content (AvgIpc) is 3.27. The summed E-state index contributed by atoms with van der Waals surface area (Å²) < 4.78 is 41.2. The molecule has 2 amide bonds. The summed E-state index contributed by atoms with van der Waals surface area (Å²) in [7, 11) is 0. The predicted molar refractivity (Wildman–Crippen MR) is 173 cm³/mol. The third-order valence-electron chi connectivity index (χ3n) is 6.18. The van der Waals surface area contributed by atoms with E-state index in [1.165, 1.54) is 6.20 Å². The topological polar surface area (TPSA) is 170 Å². The van der Waals surface area contributed by atoms with Crippen molar-refractivity contribution >= 4 is 51.8 Å². The molecule has 4 aromatic rings. The van der Waals surface area contributed by atoms with E-state index in [0.717, 1.165) is 9.65 Å². The first-order valence-electron chi connectivity index (χ1n) is 14.3. The highest BCUT2D eigenvalue weighted by Gasteiger charge is 2.24. The number of nitrogens with one attached hydrogen (secondary N) is 2. The highest BCUT2D eigenvalue weighted by atomic mass is 35.5. The van der Waals surface area contributed by atoms with Crippen molar-refractivity contribution in [3.05, 3.63) is 65.1 Å². The molecule has 0 spiro atoms. The Morgan fingerprint density at radius 3 is 2.33 bits per heavy atom. The minimum absolute atomic E-state index is 0.0181. The molecule has 3 aromatic heterocycles. The summed E-state index contributed by atoms with van der Waals surface area (Å²) in [6.07, 6.45) is 0.372. The van der Waals surface area contributed by atoms with Crippen molar-refractivity contribution in [2.24, 2.45) is 0 Å². The first-order chi connectivity index (χ1) is 21.5. The van der Waals surface area contributed by atoms with Crippen molar-refractivity contribution in [1.82, 2.24) is 24.5 Å². The number of benzene rings is 1. The lowest BCUT2D eigenvalue weighted by atomic mass is 10.1. The Morgan fingerprint density at radius 2 is 1.70 bits per heavy atom. The van der Waals surface area contributed by atoms with Gasteiger partial charge in [0.1, 0.15) is 28.5 Å². The number of anilines is 1. The number of nitrogens with zero attached hydrogens (tertiary/aromatic N) is 4. The van der Waals surface area contributed by atoms with Crippen LogP contribution in [0.1, 0.15) is 52.8 Å². The van der Waals surface area contributed by atoms with Gasteiger partial charge in [0.05, 0.1) is 34.9 Å². The molecule has 0 bridgehead atoms. The summed E-state index contributed by atoms with van der Waals surface area (Å²) in [5.74, 6) is 0.0924. The quantitative estimate of drug-likeness (QED) is 0.160. The Morgan fingerprint density at radius 1 is 1.04 bits per heavy atom. The maximum atomic E-state index is 12.7. The van der Waals surface area contributed by atoms with Gasteiger partial charge < -0.3 is 24.1 Å². The Bertz CT molecular complexity index is 1750. The van der Waals surface area contributed by atoms with Crippen molar-refractivity contribution in [2.45, 2.75) is 72.1 Å². The summed E-state index contributed by atoms with van der Waals surface area (Å²) >= 11 is 3.98. The Labute approximate surface area is 274 Å². The van der Waals surface area contributed by atoms with E-state index in [4.69, 9.17) is 25.8 Å². The van der Waals surface area contributed by atoms with E-state index in [0.29, 0.717) is 28.8 Å². The molecule has 1 unspecified atom stereocenters. The molecule has 4 rings (SSSR count). The number of alkyl carbamates (subject to hydrolysis) is 1. The molecule has 15 heteroatoms. The van der Waals surface area contributed by atoms with Crippen LogP contribution in [0.15, 0.2) is 48.7 Å². The van der Waals surface area contributed by atoms with E-state index < -0.39 is 40.7 Å². The van der Waals surface area contributed by atoms with Crippen molar-refractivity contribution in [2.75, 3.05) is 11.9 Å². The van der Waals surface area contributed by atoms with Crippen LogP contribution in [0, 0.1) is 6.92 Å². The molecule has 246 valence electrons. The summed E-state index contributed by atoms with van der Waals surface area (Å²) in [5.41, 5.74) is 0.880. The molecular weight excluding hydrogens is 636 g/mol. The zero-order valence-corrected chi connectivity index (χ0v) is 28.1. The van der Waals surface area contributed by atoms with Gasteiger partial charge in [-0.2, -0.15) is 9.19 Å². The van der Waals surface area contributed by atoms with Crippen LogP contribution in [0.4, 0.5) is 15.4 Å².